The van der Waals surface area contributed by atoms with E-state index in [-0.39, 0.29) is 0 Å². The van der Waals surface area contributed by atoms with Crippen LogP contribution < -0.4 is 0 Å². The van der Waals surface area contributed by atoms with Crippen LogP contribution in [0.3, 0.4) is 0 Å². The molecule has 0 atom stereocenters. The summed E-state index contributed by atoms with van der Waals surface area (Å²) in [5.41, 5.74) is 0. The Kier molecular flexibility index (Phi) is 3.24. The van der Waals surface area contributed by atoms with Crippen molar-refractivity contribution >= 4 is 0 Å². The van der Waals surface area contributed by atoms with E-state index in [1.165, 1.54) is 38.5 Å². The fraction of sp³-hybridized carbons (Fsp3) is 0.900. The molecule has 0 saturated heterocycles. The summed E-state index contributed by atoms with van der Waals surface area (Å²) in [6, 6.07) is 0. The zero-order chi connectivity index (χ0) is 7.40. The van der Waals surface area contributed by atoms with Crippen molar-refractivity contribution < 1.29 is 0 Å². The highest BCUT2D eigenvalue weighted by atomic mass is 14.2. The highest BCUT2D eigenvalue weighted by Gasteiger charge is 2.14. The predicted molar refractivity (Wildman–Crippen MR) is 45.8 cm³/mol. The Bertz CT molecular complexity index is 78.0. The Morgan fingerprint density at radius 1 is 1.20 bits per heavy atom. The molecule has 1 saturated carbocycles. The smallest absolute Gasteiger partial charge is 0.0303 e. The van der Waals surface area contributed by atoms with Crippen molar-refractivity contribution in [3.63, 3.8) is 0 Å². The van der Waals surface area contributed by atoms with E-state index in [9.17, 15) is 0 Å². The maximum absolute atomic E-state index is 2.24. The maximum atomic E-state index is 2.24. The van der Waals surface area contributed by atoms with E-state index >= 15 is 0 Å². The lowest BCUT2D eigenvalue weighted by atomic mass is 9.97. The van der Waals surface area contributed by atoms with Gasteiger partial charge in [0.15, 0.2) is 0 Å². The molecule has 0 N–H and O–H groups in total. The molecule has 0 bridgehead atoms. The lowest BCUT2D eigenvalue weighted by Crippen LogP contribution is -1.95. The van der Waals surface area contributed by atoms with E-state index in [0.717, 1.165) is 5.92 Å². The standard InChI is InChI=1S/C10H19/c1-9(2)7-8-10-5-3-4-6-10/h10H,3-8H2,1-2H3. The molecule has 0 heteroatoms. The molecule has 1 aliphatic carbocycles. The van der Waals surface area contributed by atoms with Gasteiger partial charge in [-0.1, -0.05) is 39.5 Å². The SMILES string of the molecule is C[C](C)CCC1CCCC1. The first kappa shape index (κ1) is 8.10. The van der Waals surface area contributed by atoms with Crippen molar-refractivity contribution in [2.45, 2.75) is 52.4 Å². The van der Waals surface area contributed by atoms with Gasteiger partial charge < -0.3 is 0 Å². The molecule has 1 rings (SSSR count). The topological polar surface area (TPSA) is 0 Å². The Morgan fingerprint density at radius 3 is 2.30 bits per heavy atom. The van der Waals surface area contributed by atoms with E-state index in [4.69, 9.17) is 0 Å². The summed E-state index contributed by atoms with van der Waals surface area (Å²) < 4.78 is 0. The lowest BCUT2D eigenvalue weighted by Gasteiger charge is -2.09. The molecule has 0 aromatic rings. The van der Waals surface area contributed by atoms with Crippen LogP contribution in [-0.2, 0) is 0 Å². The van der Waals surface area contributed by atoms with Crippen molar-refractivity contribution in [2.75, 3.05) is 0 Å². The minimum absolute atomic E-state index is 1.08. The summed E-state index contributed by atoms with van der Waals surface area (Å²) in [6.45, 7) is 4.49. The maximum Gasteiger partial charge on any atom is -0.0303 e. The summed E-state index contributed by atoms with van der Waals surface area (Å²) in [5, 5.41) is 0. The molecule has 0 unspecified atom stereocenters. The monoisotopic (exact) mass is 139 g/mol. The minimum atomic E-state index is 1.08. The van der Waals surface area contributed by atoms with Gasteiger partial charge in [-0.15, -0.1) is 0 Å². The minimum Gasteiger partial charge on any atom is -0.0594 e. The number of rotatable bonds is 3. The van der Waals surface area contributed by atoms with Crippen LogP contribution >= 0.6 is 0 Å². The average Bonchev–Trinajstić information content (AvgIpc) is 2.34. The molecular weight excluding hydrogens is 120 g/mol. The van der Waals surface area contributed by atoms with Gasteiger partial charge >= 0.3 is 0 Å². The first-order valence-electron chi connectivity index (χ1n) is 4.58. The van der Waals surface area contributed by atoms with Crippen molar-refractivity contribution in [1.82, 2.24) is 0 Å². The van der Waals surface area contributed by atoms with E-state index in [2.05, 4.69) is 13.8 Å². The molecule has 0 heterocycles. The molecule has 0 aromatic heterocycles. The molecule has 0 spiro atoms. The molecule has 59 valence electrons. The molecular formula is C10H19. The van der Waals surface area contributed by atoms with Gasteiger partial charge in [-0.3, -0.25) is 0 Å². The van der Waals surface area contributed by atoms with E-state index in [1.54, 1.807) is 5.92 Å². The largest absolute Gasteiger partial charge is 0.0594 e. The van der Waals surface area contributed by atoms with E-state index in [0.29, 0.717) is 0 Å². The second-order valence-corrected chi connectivity index (χ2v) is 3.90. The van der Waals surface area contributed by atoms with Crippen LogP contribution in [0.25, 0.3) is 0 Å². The van der Waals surface area contributed by atoms with Crippen LogP contribution in [-0.4, -0.2) is 0 Å². The van der Waals surface area contributed by atoms with Crippen LogP contribution in [0.1, 0.15) is 52.4 Å². The van der Waals surface area contributed by atoms with E-state index in [1.807, 2.05) is 0 Å². The summed E-state index contributed by atoms with van der Waals surface area (Å²) in [5.74, 6) is 2.68. The third-order valence-corrected chi connectivity index (χ3v) is 2.53. The van der Waals surface area contributed by atoms with Crippen LogP contribution in [0, 0.1) is 11.8 Å². The van der Waals surface area contributed by atoms with E-state index < -0.39 is 0 Å². The van der Waals surface area contributed by atoms with Crippen molar-refractivity contribution in [2.24, 2.45) is 5.92 Å². The van der Waals surface area contributed by atoms with Gasteiger partial charge in [0.25, 0.3) is 0 Å². The highest BCUT2D eigenvalue weighted by Crippen LogP contribution is 2.29. The van der Waals surface area contributed by atoms with Gasteiger partial charge in [-0.05, 0) is 24.7 Å². The normalized spacial score (nSPS) is 20.7. The zero-order valence-electron chi connectivity index (χ0n) is 7.32. The molecule has 0 aromatic carbocycles. The lowest BCUT2D eigenvalue weighted by molar-refractivity contribution is 0.490. The summed E-state index contributed by atoms with van der Waals surface area (Å²) in [7, 11) is 0. The third kappa shape index (κ3) is 2.72. The summed E-state index contributed by atoms with van der Waals surface area (Å²) in [6.07, 6.45) is 8.83. The number of hydrogen-bond acceptors (Lipinski definition) is 0. The fourth-order valence-corrected chi connectivity index (χ4v) is 1.79. The second-order valence-electron chi connectivity index (χ2n) is 3.90. The van der Waals surface area contributed by atoms with Gasteiger partial charge in [0.1, 0.15) is 0 Å². The average molecular weight is 139 g/mol. The Labute approximate surface area is 65.0 Å². The van der Waals surface area contributed by atoms with Crippen LogP contribution in [0.4, 0.5) is 0 Å². The van der Waals surface area contributed by atoms with Gasteiger partial charge in [-0.2, -0.15) is 0 Å². The van der Waals surface area contributed by atoms with Gasteiger partial charge in [0.05, 0.1) is 0 Å². The third-order valence-electron chi connectivity index (χ3n) is 2.53. The van der Waals surface area contributed by atoms with Crippen LogP contribution in [0.15, 0.2) is 0 Å². The molecule has 0 nitrogen and oxygen atoms in total. The quantitative estimate of drug-likeness (QED) is 0.560. The molecule has 10 heavy (non-hydrogen) atoms. The second kappa shape index (κ2) is 4.00. The van der Waals surface area contributed by atoms with Crippen LogP contribution in [0.5, 0.6) is 0 Å². The van der Waals surface area contributed by atoms with Gasteiger partial charge in [-0.25, -0.2) is 0 Å². The van der Waals surface area contributed by atoms with Gasteiger partial charge in [0.2, 0.25) is 0 Å². The van der Waals surface area contributed by atoms with Gasteiger partial charge in [0, 0.05) is 0 Å². The molecule has 0 amide bonds. The molecule has 1 fully saturated rings. The molecule has 1 radical (unpaired) electrons. The first-order chi connectivity index (χ1) is 4.79. The first-order valence-corrected chi connectivity index (χ1v) is 4.58. The van der Waals surface area contributed by atoms with Crippen molar-refractivity contribution in [3.8, 4) is 0 Å². The van der Waals surface area contributed by atoms with Crippen molar-refractivity contribution in [3.05, 3.63) is 5.92 Å². The Balaban J connectivity index is 2.01. The predicted octanol–water partition coefficient (Wildman–Crippen LogP) is 3.57. The number of hydrogen-bond donors (Lipinski definition) is 0. The zero-order valence-corrected chi connectivity index (χ0v) is 7.32. The Hall–Kier alpha value is 0. The summed E-state index contributed by atoms with van der Waals surface area (Å²) in [4.78, 5) is 0. The van der Waals surface area contributed by atoms with Crippen molar-refractivity contribution in [1.29, 1.82) is 0 Å². The molecule has 1 aliphatic rings. The molecule has 0 aliphatic heterocycles. The summed E-state index contributed by atoms with van der Waals surface area (Å²) >= 11 is 0. The fourth-order valence-electron chi connectivity index (χ4n) is 1.79. The highest BCUT2D eigenvalue weighted by molar-refractivity contribution is 4.79. The van der Waals surface area contributed by atoms with Crippen LogP contribution in [0.2, 0.25) is 0 Å². The Morgan fingerprint density at radius 2 is 1.80 bits per heavy atom.